The number of amides is 1. The van der Waals surface area contributed by atoms with E-state index in [-0.39, 0.29) is 0 Å². The Labute approximate surface area is 61.2 Å². The van der Waals surface area contributed by atoms with Crippen LogP contribution in [0.3, 0.4) is 0 Å². The van der Waals surface area contributed by atoms with Gasteiger partial charge in [0.25, 0.3) is 0 Å². The quantitative estimate of drug-likeness (QED) is 0.531. The van der Waals surface area contributed by atoms with Gasteiger partial charge >= 0.3 is 0 Å². The van der Waals surface area contributed by atoms with E-state index >= 15 is 0 Å². The normalized spacial score (nSPS) is 25.4. The van der Waals surface area contributed by atoms with Gasteiger partial charge in [-0.1, -0.05) is 0 Å². The molecule has 0 N–H and O–H groups in total. The maximum atomic E-state index is 11.3. The molecule has 1 aliphatic heterocycles. The maximum absolute atomic E-state index is 11.3. The van der Waals surface area contributed by atoms with Gasteiger partial charge in [-0.05, 0) is 25.7 Å². The van der Waals surface area contributed by atoms with E-state index in [0.717, 1.165) is 25.9 Å². The van der Waals surface area contributed by atoms with E-state index in [1.54, 1.807) is 0 Å². The standard InChI is InChI=1S/C8H13NO/c10-8(7-3-4-7)9-5-1-2-6-9/h7H,1-6H2. The molecule has 0 aromatic heterocycles. The van der Waals surface area contributed by atoms with Crippen LogP contribution in [0, 0.1) is 5.92 Å². The lowest BCUT2D eigenvalue weighted by atomic mass is 10.3. The van der Waals surface area contributed by atoms with Crippen molar-refractivity contribution in [1.29, 1.82) is 0 Å². The lowest BCUT2D eigenvalue weighted by molar-refractivity contribution is -0.131. The third-order valence-electron chi connectivity index (χ3n) is 2.34. The van der Waals surface area contributed by atoms with Gasteiger partial charge in [0, 0.05) is 19.0 Å². The van der Waals surface area contributed by atoms with Crippen LogP contribution in [0.15, 0.2) is 0 Å². The van der Waals surface area contributed by atoms with Crippen LogP contribution in [-0.4, -0.2) is 23.9 Å². The van der Waals surface area contributed by atoms with E-state index in [1.807, 2.05) is 4.90 Å². The molecule has 1 amide bonds. The van der Waals surface area contributed by atoms with Crippen LogP contribution in [0.2, 0.25) is 0 Å². The van der Waals surface area contributed by atoms with Crippen molar-refractivity contribution in [3.8, 4) is 0 Å². The van der Waals surface area contributed by atoms with Gasteiger partial charge < -0.3 is 4.90 Å². The fourth-order valence-electron chi connectivity index (χ4n) is 1.53. The van der Waals surface area contributed by atoms with Gasteiger partial charge in [-0.15, -0.1) is 0 Å². The Kier molecular flexibility index (Phi) is 1.40. The average Bonchev–Trinajstić information content (AvgIpc) is 2.65. The maximum Gasteiger partial charge on any atom is 0.225 e. The second-order valence-electron chi connectivity index (χ2n) is 3.31. The van der Waals surface area contributed by atoms with Crippen molar-refractivity contribution >= 4 is 5.91 Å². The minimum atomic E-state index is 0.428. The van der Waals surface area contributed by atoms with Crippen LogP contribution >= 0.6 is 0 Å². The molecule has 2 heteroatoms. The minimum Gasteiger partial charge on any atom is -0.342 e. The summed E-state index contributed by atoms with van der Waals surface area (Å²) < 4.78 is 0. The van der Waals surface area contributed by atoms with E-state index in [0.29, 0.717) is 11.8 Å². The van der Waals surface area contributed by atoms with Gasteiger partial charge in [-0.2, -0.15) is 0 Å². The fraction of sp³-hybridized carbons (Fsp3) is 0.875. The molecule has 0 spiro atoms. The monoisotopic (exact) mass is 139 g/mol. The average molecular weight is 139 g/mol. The van der Waals surface area contributed by atoms with Gasteiger partial charge in [0.1, 0.15) is 0 Å². The zero-order valence-corrected chi connectivity index (χ0v) is 6.18. The molecule has 0 radical (unpaired) electrons. The molecular formula is C8H13NO. The summed E-state index contributed by atoms with van der Waals surface area (Å²) >= 11 is 0. The summed E-state index contributed by atoms with van der Waals surface area (Å²) in [6.07, 6.45) is 4.74. The Morgan fingerprint density at radius 1 is 1.20 bits per heavy atom. The molecule has 2 aliphatic rings. The van der Waals surface area contributed by atoms with Gasteiger partial charge in [0.2, 0.25) is 5.91 Å². The Hall–Kier alpha value is -0.530. The summed E-state index contributed by atoms with van der Waals surface area (Å²) in [7, 11) is 0. The first kappa shape index (κ1) is 6.20. The van der Waals surface area contributed by atoms with Crippen molar-refractivity contribution in [1.82, 2.24) is 4.90 Å². The van der Waals surface area contributed by atoms with Gasteiger partial charge in [-0.25, -0.2) is 0 Å². The highest BCUT2D eigenvalue weighted by atomic mass is 16.2. The van der Waals surface area contributed by atoms with Crippen molar-refractivity contribution in [3.05, 3.63) is 0 Å². The number of carbonyl (C=O) groups excluding carboxylic acids is 1. The summed E-state index contributed by atoms with van der Waals surface area (Å²) in [5.41, 5.74) is 0. The van der Waals surface area contributed by atoms with Crippen molar-refractivity contribution in [2.45, 2.75) is 25.7 Å². The highest BCUT2D eigenvalue weighted by molar-refractivity contribution is 5.81. The van der Waals surface area contributed by atoms with Gasteiger partial charge in [0.15, 0.2) is 0 Å². The van der Waals surface area contributed by atoms with Crippen LogP contribution in [0.1, 0.15) is 25.7 Å². The van der Waals surface area contributed by atoms with Crippen LogP contribution in [0.4, 0.5) is 0 Å². The molecule has 2 rings (SSSR count). The lowest BCUT2D eigenvalue weighted by Gasteiger charge is -2.13. The van der Waals surface area contributed by atoms with E-state index in [2.05, 4.69) is 0 Å². The molecule has 1 aliphatic carbocycles. The van der Waals surface area contributed by atoms with Crippen molar-refractivity contribution in [3.63, 3.8) is 0 Å². The molecule has 0 atom stereocenters. The Morgan fingerprint density at radius 3 is 2.30 bits per heavy atom. The second kappa shape index (κ2) is 2.26. The second-order valence-corrected chi connectivity index (χ2v) is 3.31. The van der Waals surface area contributed by atoms with Crippen LogP contribution < -0.4 is 0 Å². The van der Waals surface area contributed by atoms with E-state index < -0.39 is 0 Å². The molecule has 1 saturated carbocycles. The smallest absolute Gasteiger partial charge is 0.225 e. The number of carbonyl (C=O) groups is 1. The van der Waals surface area contributed by atoms with Crippen LogP contribution in [0.5, 0.6) is 0 Å². The first-order valence-corrected chi connectivity index (χ1v) is 4.17. The van der Waals surface area contributed by atoms with Crippen LogP contribution in [-0.2, 0) is 4.79 Å². The molecule has 0 unspecified atom stereocenters. The molecule has 1 saturated heterocycles. The SMILES string of the molecule is O=C(C1CC1)N1CCCC1. The predicted octanol–water partition coefficient (Wildman–Crippen LogP) is 1.02. The number of hydrogen-bond acceptors (Lipinski definition) is 1. The van der Waals surface area contributed by atoms with E-state index in [4.69, 9.17) is 0 Å². The highest BCUT2D eigenvalue weighted by Crippen LogP contribution is 2.31. The third kappa shape index (κ3) is 1.02. The van der Waals surface area contributed by atoms with Crippen molar-refractivity contribution in [2.24, 2.45) is 5.92 Å². The molecule has 10 heavy (non-hydrogen) atoms. The molecule has 0 aromatic carbocycles. The summed E-state index contributed by atoms with van der Waals surface area (Å²) in [4.78, 5) is 13.4. The summed E-state index contributed by atoms with van der Waals surface area (Å²) in [5, 5.41) is 0. The molecule has 56 valence electrons. The summed E-state index contributed by atoms with van der Waals surface area (Å²) in [6.45, 7) is 2.05. The lowest BCUT2D eigenvalue weighted by Crippen LogP contribution is -2.28. The topological polar surface area (TPSA) is 20.3 Å². The minimum absolute atomic E-state index is 0.428. The molecule has 2 fully saturated rings. The molecule has 0 aromatic rings. The number of likely N-dealkylation sites (tertiary alicyclic amines) is 1. The Balaban J connectivity index is 1.90. The van der Waals surface area contributed by atoms with Gasteiger partial charge in [0.05, 0.1) is 0 Å². The van der Waals surface area contributed by atoms with E-state index in [9.17, 15) is 4.79 Å². The van der Waals surface area contributed by atoms with Crippen LogP contribution in [0.25, 0.3) is 0 Å². The zero-order chi connectivity index (χ0) is 6.97. The first-order valence-electron chi connectivity index (χ1n) is 4.17. The Bertz CT molecular complexity index is 145. The summed E-state index contributed by atoms with van der Waals surface area (Å²) in [5.74, 6) is 0.857. The first-order chi connectivity index (χ1) is 4.88. The molecule has 2 nitrogen and oxygen atoms in total. The van der Waals surface area contributed by atoms with E-state index in [1.165, 1.54) is 12.8 Å². The predicted molar refractivity (Wildman–Crippen MR) is 38.5 cm³/mol. The third-order valence-corrected chi connectivity index (χ3v) is 2.34. The number of hydrogen-bond donors (Lipinski definition) is 0. The number of nitrogens with zero attached hydrogens (tertiary/aromatic N) is 1. The zero-order valence-electron chi connectivity index (χ0n) is 6.18. The highest BCUT2D eigenvalue weighted by Gasteiger charge is 2.33. The molecule has 0 bridgehead atoms. The summed E-state index contributed by atoms with van der Waals surface area (Å²) in [6, 6.07) is 0. The molecular weight excluding hydrogens is 126 g/mol. The molecule has 1 heterocycles. The Morgan fingerprint density at radius 2 is 1.80 bits per heavy atom. The largest absolute Gasteiger partial charge is 0.342 e. The number of rotatable bonds is 1. The van der Waals surface area contributed by atoms with Crippen molar-refractivity contribution < 1.29 is 4.79 Å². The fourth-order valence-corrected chi connectivity index (χ4v) is 1.53. The van der Waals surface area contributed by atoms with Crippen molar-refractivity contribution in [2.75, 3.05) is 13.1 Å². The van der Waals surface area contributed by atoms with Gasteiger partial charge in [-0.3, -0.25) is 4.79 Å².